The van der Waals surface area contributed by atoms with Crippen LogP contribution < -0.4 is 14.8 Å². The molecule has 0 aliphatic rings. The van der Waals surface area contributed by atoms with Gasteiger partial charge in [0.2, 0.25) is 0 Å². The number of aliphatic hydroxyl groups excluding tert-OH is 1. The largest absolute Gasteiger partial charge is 0.497 e. The van der Waals surface area contributed by atoms with Gasteiger partial charge in [-0.1, -0.05) is 0 Å². The Morgan fingerprint density at radius 3 is 2.28 bits per heavy atom. The first-order chi connectivity index (χ1) is 8.55. The number of nitrogens with one attached hydrogen (secondary N) is 1. The van der Waals surface area contributed by atoms with E-state index < -0.39 is 12.1 Å². The molecule has 0 aliphatic heterocycles. The van der Waals surface area contributed by atoms with E-state index in [2.05, 4.69) is 5.32 Å². The summed E-state index contributed by atoms with van der Waals surface area (Å²) in [7, 11) is 3.08. The van der Waals surface area contributed by atoms with Crippen LogP contribution in [0.15, 0.2) is 18.2 Å². The molecule has 100 valence electrons. The molecule has 1 unspecified atom stereocenters. The van der Waals surface area contributed by atoms with E-state index in [4.69, 9.17) is 14.6 Å². The average Bonchev–Trinajstić information content (AvgIpc) is 2.35. The number of aliphatic carboxylic acids is 1. The summed E-state index contributed by atoms with van der Waals surface area (Å²) >= 11 is 0. The number of hydrogen-bond donors (Lipinski definition) is 3. The van der Waals surface area contributed by atoms with E-state index >= 15 is 0 Å². The molecule has 0 spiro atoms. The predicted molar refractivity (Wildman–Crippen MR) is 66.3 cm³/mol. The lowest BCUT2D eigenvalue weighted by Gasteiger charge is -2.13. The van der Waals surface area contributed by atoms with Crippen LogP contribution in [0.25, 0.3) is 0 Å². The van der Waals surface area contributed by atoms with Gasteiger partial charge in [-0.15, -0.1) is 0 Å². The Labute approximate surface area is 105 Å². The summed E-state index contributed by atoms with van der Waals surface area (Å²) in [5, 5.41) is 20.9. The third-order valence-electron chi connectivity index (χ3n) is 2.30. The summed E-state index contributed by atoms with van der Waals surface area (Å²) in [4.78, 5) is 10.4. The van der Waals surface area contributed by atoms with Gasteiger partial charge in [0.05, 0.1) is 26.7 Å². The Balaban J connectivity index is 2.63. The average molecular weight is 255 g/mol. The first-order valence-corrected chi connectivity index (χ1v) is 5.42. The van der Waals surface area contributed by atoms with Crippen molar-refractivity contribution in [3.63, 3.8) is 0 Å². The smallest absolute Gasteiger partial charge is 0.306 e. The molecule has 0 heterocycles. The van der Waals surface area contributed by atoms with Crippen LogP contribution in [0.3, 0.4) is 0 Å². The summed E-state index contributed by atoms with van der Waals surface area (Å²) in [6, 6.07) is 5.19. The Kier molecular flexibility index (Phi) is 5.26. The molecule has 18 heavy (non-hydrogen) atoms. The highest BCUT2D eigenvalue weighted by atomic mass is 16.5. The van der Waals surface area contributed by atoms with Gasteiger partial charge in [0.1, 0.15) is 11.5 Å². The highest BCUT2D eigenvalue weighted by Gasteiger charge is 2.09. The Morgan fingerprint density at radius 2 is 1.83 bits per heavy atom. The van der Waals surface area contributed by atoms with E-state index in [0.29, 0.717) is 17.2 Å². The van der Waals surface area contributed by atoms with Gasteiger partial charge in [-0.25, -0.2) is 0 Å². The lowest BCUT2D eigenvalue weighted by molar-refractivity contribution is -0.138. The van der Waals surface area contributed by atoms with Gasteiger partial charge in [0.15, 0.2) is 0 Å². The number of carboxylic acid groups (broad SMARTS) is 1. The molecule has 0 aliphatic carbocycles. The number of carboxylic acids is 1. The van der Waals surface area contributed by atoms with Gasteiger partial charge in [-0.3, -0.25) is 4.79 Å². The molecule has 3 N–H and O–H groups in total. The van der Waals surface area contributed by atoms with Gasteiger partial charge in [0.25, 0.3) is 0 Å². The number of methoxy groups -OCH3 is 2. The standard InChI is InChI=1S/C12H17NO5/c1-17-10-3-8(4-11(6-10)18-2)13-7-9(14)5-12(15)16/h3-4,6,9,13-14H,5,7H2,1-2H3,(H,15,16). The number of carbonyl (C=O) groups is 1. The number of ether oxygens (including phenoxy) is 2. The molecule has 1 aromatic rings. The fourth-order valence-electron chi connectivity index (χ4n) is 1.42. The zero-order valence-electron chi connectivity index (χ0n) is 10.3. The number of aliphatic hydroxyl groups is 1. The van der Waals surface area contributed by atoms with Gasteiger partial charge in [0, 0.05) is 30.4 Å². The van der Waals surface area contributed by atoms with E-state index in [0.717, 1.165) is 0 Å². The van der Waals surface area contributed by atoms with Crippen LogP contribution in [0.5, 0.6) is 11.5 Å². The number of benzene rings is 1. The van der Waals surface area contributed by atoms with Crippen LogP contribution in [0.1, 0.15) is 6.42 Å². The molecule has 1 rings (SSSR count). The second-order valence-corrected chi connectivity index (χ2v) is 3.73. The van der Waals surface area contributed by atoms with Crippen molar-refractivity contribution < 1.29 is 24.5 Å². The van der Waals surface area contributed by atoms with E-state index in [9.17, 15) is 9.90 Å². The summed E-state index contributed by atoms with van der Waals surface area (Å²) in [6.07, 6.45) is -1.24. The highest BCUT2D eigenvalue weighted by Crippen LogP contribution is 2.25. The molecule has 1 aromatic carbocycles. The highest BCUT2D eigenvalue weighted by molar-refractivity contribution is 5.67. The molecule has 0 bridgehead atoms. The molecular weight excluding hydrogens is 238 g/mol. The molecule has 0 saturated carbocycles. The molecular formula is C12H17NO5. The van der Waals surface area contributed by atoms with Crippen LogP contribution in [0.2, 0.25) is 0 Å². The van der Waals surface area contributed by atoms with Crippen molar-refractivity contribution in [3.8, 4) is 11.5 Å². The van der Waals surface area contributed by atoms with Crippen molar-refractivity contribution in [2.24, 2.45) is 0 Å². The fourth-order valence-corrected chi connectivity index (χ4v) is 1.42. The maximum Gasteiger partial charge on any atom is 0.306 e. The second-order valence-electron chi connectivity index (χ2n) is 3.73. The number of hydrogen-bond acceptors (Lipinski definition) is 5. The minimum atomic E-state index is -1.03. The monoisotopic (exact) mass is 255 g/mol. The van der Waals surface area contributed by atoms with E-state index in [1.54, 1.807) is 18.2 Å². The topological polar surface area (TPSA) is 88.0 Å². The van der Waals surface area contributed by atoms with Crippen LogP contribution in [-0.4, -0.2) is 43.1 Å². The molecule has 6 heteroatoms. The lowest BCUT2D eigenvalue weighted by atomic mass is 10.2. The third-order valence-corrected chi connectivity index (χ3v) is 2.30. The summed E-state index contributed by atoms with van der Waals surface area (Å²) in [5.74, 6) is 0.196. The Morgan fingerprint density at radius 1 is 1.28 bits per heavy atom. The quantitative estimate of drug-likeness (QED) is 0.672. The van der Waals surface area contributed by atoms with Gasteiger partial charge in [-0.2, -0.15) is 0 Å². The first kappa shape index (κ1) is 14.1. The molecule has 6 nitrogen and oxygen atoms in total. The zero-order valence-corrected chi connectivity index (χ0v) is 10.3. The minimum absolute atomic E-state index is 0.141. The third kappa shape index (κ3) is 4.50. The molecule has 0 amide bonds. The maximum absolute atomic E-state index is 10.4. The minimum Gasteiger partial charge on any atom is -0.497 e. The molecule has 0 radical (unpaired) electrons. The number of rotatable bonds is 7. The number of anilines is 1. The van der Waals surface area contributed by atoms with Crippen molar-refractivity contribution >= 4 is 11.7 Å². The van der Waals surface area contributed by atoms with Crippen molar-refractivity contribution in [2.75, 3.05) is 26.1 Å². The van der Waals surface area contributed by atoms with Crippen molar-refractivity contribution in [3.05, 3.63) is 18.2 Å². The van der Waals surface area contributed by atoms with Crippen molar-refractivity contribution in [2.45, 2.75) is 12.5 Å². The van der Waals surface area contributed by atoms with Gasteiger partial charge < -0.3 is 25.0 Å². The van der Waals surface area contributed by atoms with E-state index in [1.165, 1.54) is 14.2 Å². The molecule has 0 saturated heterocycles. The lowest BCUT2D eigenvalue weighted by Crippen LogP contribution is -2.22. The van der Waals surface area contributed by atoms with Crippen molar-refractivity contribution in [1.82, 2.24) is 0 Å². The summed E-state index contributed by atoms with van der Waals surface area (Å²) in [6.45, 7) is 0.141. The van der Waals surface area contributed by atoms with Gasteiger partial charge >= 0.3 is 5.97 Å². The van der Waals surface area contributed by atoms with Crippen LogP contribution in [0, 0.1) is 0 Å². The Bertz CT molecular complexity index is 385. The summed E-state index contributed by atoms with van der Waals surface area (Å²) < 4.78 is 10.2. The van der Waals surface area contributed by atoms with Crippen LogP contribution in [-0.2, 0) is 4.79 Å². The Hall–Kier alpha value is -1.95. The van der Waals surface area contributed by atoms with E-state index in [1.807, 2.05) is 0 Å². The molecule has 0 aromatic heterocycles. The maximum atomic E-state index is 10.4. The SMILES string of the molecule is COc1cc(NCC(O)CC(=O)O)cc(OC)c1. The predicted octanol–water partition coefficient (Wildman–Crippen LogP) is 0.951. The van der Waals surface area contributed by atoms with E-state index in [-0.39, 0.29) is 13.0 Å². The second kappa shape index (κ2) is 6.70. The van der Waals surface area contributed by atoms with Crippen LogP contribution >= 0.6 is 0 Å². The summed E-state index contributed by atoms with van der Waals surface area (Å²) in [5.41, 5.74) is 0.690. The van der Waals surface area contributed by atoms with Crippen LogP contribution in [0.4, 0.5) is 5.69 Å². The zero-order chi connectivity index (χ0) is 13.5. The normalized spacial score (nSPS) is 11.7. The molecule has 1 atom stereocenters. The molecule has 0 fully saturated rings. The van der Waals surface area contributed by atoms with Gasteiger partial charge in [-0.05, 0) is 0 Å². The first-order valence-electron chi connectivity index (χ1n) is 5.42. The fraction of sp³-hybridized carbons (Fsp3) is 0.417. The van der Waals surface area contributed by atoms with Crippen molar-refractivity contribution in [1.29, 1.82) is 0 Å².